The Bertz CT molecular complexity index is 308. The molecule has 0 radical (unpaired) electrons. The summed E-state index contributed by atoms with van der Waals surface area (Å²) >= 11 is 4.98. The minimum Gasteiger partial charge on any atom is -0.327 e. The van der Waals surface area contributed by atoms with Crippen molar-refractivity contribution >= 4 is 27.3 Å². The van der Waals surface area contributed by atoms with Crippen LogP contribution in [0.4, 0.5) is 0 Å². The molecule has 1 saturated carbocycles. The number of halogens is 1. The second-order valence-corrected chi connectivity index (χ2v) is 5.98. The molecule has 0 spiro atoms. The summed E-state index contributed by atoms with van der Waals surface area (Å²) in [7, 11) is 0. The molecule has 66 valence electrons. The molecule has 0 aromatic carbocycles. The monoisotopic (exact) mass is 246 g/mol. The molecule has 1 aliphatic rings. The zero-order chi connectivity index (χ0) is 8.93. The Hall–Kier alpha value is 0.0700. The van der Waals surface area contributed by atoms with Crippen LogP contribution >= 0.6 is 27.3 Å². The van der Waals surface area contributed by atoms with Gasteiger partial charge in [0.1, 0.15) is 0 Å². The summed E-state index contributed by atoms with van der Waals surface area (Å²) in [5, 5.41) is 2.09. The van der Waals surface area contributed by atoms with Gasteiger partial charge in [-0.15, -0.1) is 11.3 Å². The minimum atomic E-state index is 0.244. The van der Waals surface area contributed by atoms with E-state index in [4.69, 9.17) is 5.73 Å². The molecule has 0 bridgehead atoms. The van der Waals surface area contributed by atoms with E-state index in [2.05, 4.69) is 40.1 Å². The molecule has 1 aromatic heterocycles. The maximum Gasteiger partial charge on any atom is 0.159 e. The highest BCUT2D eigenvalue weighted by molar-refractivity contribution is 9.11. The van der Waals surface area contributed by atoms with E-state index in [0.717, 1.165) is 9.61 Å². The summed E-state index contributed by atoms with van der Waals surface area (Å²) in [5.41, 5.74) is 7.32. The third-order valence-corrected chi connectivity index (χ3v) is 4.11. The van der Waals surface area contributed by atoms with Gasteiger partial charge in [0.25, 0.3) is 0 Å². The molecule has 0 aliphatic heterocycles. The second kappa shape index (κ2) is 2.53. The normalized spacial score (nSPS) is 32.0. The molecule has 1 fully saturated rings. The van der Waals surface area contributed by atoms with Gasteiger partial charge in [0.15, 0.2) is 3.92 Å². The molecular weight excluding hydrogens is 236 g/mol. The Balaban J connectivity index is 2.24. The Kier molecular flexibility index (Phi) is 1.82. The number of nitrogens with zero attached hydrogens (tertiary/aromatic N) is 1. The molecule has 1 aliphatic carbocycles. The van der Waals surface area contributed by atoms with E-state index in [-0.39, 0.29) is 11.5 Å². The lowest BCUT2D eigenvalue weighted by Gasteiger charge is -1.96. The van der Waals surface area contributed by atoms with Crippen LogP contribution in [0.3, 0.4) is 0 Å². The van der Waals surface area contributed by atoms with Gasteiger partial charge in [-0.2, -0.15) is 0 Å². The quantitative estimate of drug-likeness (QED) is 0.827. The zero-order valence-electron chi connectivity index (χ0n) is 7.04. The molecular formula is C8H11BrN2S. The first-order chi connectivity index (χ1) is 5.53. The van der Waals surface area contributed by atoms with Crippen LogP contribution in [0.2, 0.25) is 0 Å². The van der Waals surface area contributed by atoms with Crippen molar-refractivity contribution in [2.45, 2.75) is 25.8 Å². The average molecular weight is 247 g/mol. The highest BCUT2D eigenvalue weighted by Gasteiger charge is 2.57. The van der Waals surface area contributed by atoms with Crippen LogP contribution in [0, 0.1) is 5.41 Å². The van der Waals surface area contributed by atoms with Crippen molar-refractivity contribution in [2.75, 3.05) is 0 Å². The van der Waals surface area contributed by atoms with Crippen molar-refractivity contribution in [2.24, 2.45) is 11.1 Å². The Labute approximate surface area is 84.3 Å². The predicted octanol–water partition coefficient (Wildman–Crippen LogP) is 2.36. The highest BCUT2D eigenvalue weighted by atomic mass is 79.9. The van der Waals surface area contributed by atoms with Crippen LogP contribution < -0.4 is 5.73 Å². The maximum absolute atomic E-state index is 5.93. The first kappa shape index (κ1) is 8.66. The summed E-state index contributed by atoms with van der Waals surface area (Å²) in [6.07, 6.45) is 0. The largest absolute Gasteiger partial charge is 0.327 e. The molecule has 2 N–H and O–H groups in total. The molecule has 2 nitrogen and oxygen atoms in total. The van der Waals surface area contributed by atoms with Gasteiger partial charge in [-0.05, 0) is 21.3 Å². The molecule has 0 saturated heterocycles. The number of hydrogen-bond donors (Lipinski definition) is 1. The van der Waals surface area contributed by atoms with Crippen molar-refractivity contribution in [3.63, 3.8) is 0 Å². The van der Waals surface area contributed by atoms with E-state index in [1.165, 1.54) is 0 Å². The Morgan fingerprint density at radius 1 is 1.67 bits per heavy atom. The number of thiazole rings is 1. The van der Waals surface area contributed by atoms with E-state index >= 15 is 0 Å². The highest BCUT2D eigenvalue weighted by Crippen LogP contribution is 2.57. The van der Waals surface area contributed by atoms with Gasteiger partial charge in [-0.25, -0.2) is 4.98 Å². The Morgan fingerprint density at radius 2 is 2.25 bits per heavy atom. The Morgan fingerprint density at radius 3 is 2.58 bits per heavy atom. The van der Waals surface area contributed by atoms with E-state index in [1.807, 2.05) is 0 Å². The summed E-state index contributed by atoms with van der Waals surface area (Å²) in [5.74, 6) is 0.458. The van der Waals surface area contributed by atoms with Crippen LogP contribution in [-0.2, 0) is 0 Å². The van der Waals surface area contributed by atoms with E-state index in [9.17, 15) is 0 Å². The van der Waals surface area contributed by atoms with Crippen molar-refractivity contribution in [1.29, 1.82) is 0 Å². The number of hydrogen-bond acceptors (Lipinski definition) is 3. The van der Waals surface area contributed by atoms with Gasteiger partial charge in [0.2, 0.25) is 0 Å². The van der Waals surface area contributed by atoms with Crippen LogP contribution in [-0.4, -0.2) is 11.0 Å². The molecule has 4 heteroatoms. The second-order valence-electron chi connectivity index (χ2n) is 3.85. The molecule has 1 aromatic rings. The first-order valence-electron chi connectivity index (χ1n) is 3.90. The van der Waals surface area contributed by atoms with Gasteiger partial charge in [-0.3, -0.25) is 0 Å². The number of nitrogens with two attached hydrogens (primary N) is 1. The lowest BCUT2D eigenvalue weighted by Crippen LogP contribution is -2.06. The predicted molar refractivity (Wildman–Crippen MR) is 54.3 cm³/mol. The fourth-order valence-electron chi connectivity index (χ4n) is 1.65. The molecule has 1 heterocycles. The summed E-state index contributed by atoms with van der Waals surface area (Å²) in [6.45, 7) is 4.38. The topological polar surface area (TPSA) is 38.9 Å². The summed E-state index contributed by atoms with van der Waals surface area (Å²) in [4.78, 5) is 4.37. The fourth-order valence-corrected chi connectivity index (χ4v) is 2.71. The van der Waals surface area contributed by atoms with Crippen molar-refractivity contribution in [1.82, 2.24) is 4.98 Å². The standard InChI is InChI=1S/C8H11BrN2S/c1-8(2)5(6(8)10)4-3-12-7(9)11-4/h3,5-6H,10H2,1-2H3/t5-,6-/m0/s1. The fraction of sp³-hybridized carbons (Fsp3) is 0.625. The van der Waals surface area contributed by atoms with E-state index in [0.29, 0.717) is 5.92 Å². The van der Waals surface area contributed by atoms with Crippen molar-refractivity contribution < 1.29 is 0 Å². The van der Waals surface area contributed by atoms with Crippen LogP contribution in [0.1, 0.15) is 25.5 Å². The summed E-state index contributed by atoms with van der Waals surface area (Å²) in [6, 6.07) is 0.284. The molecule has 12 heavy (non-hydrogen) atoms. The molecule has 0 unspecified atom stereocenters. The zero-order valence-corrected chi connectivity index (χ0v) is 9.45. The van der Waals surface area contributed by atoms with Gasteiger partial charge in [0.05, 0.1) is 5.69 Å². The summed E-state index contributed by atoms with van der Waals surface area (Å²) < 4.78 is 0.951. The van der Waals surface area contributed by atoms with E-state index in [1.54, 1.807) is 11.3 Å². The average Bonchev–Trinajstić information content (AvgIpc) is 2.38. The lowest BCUT2D eigenvalue weighted by atomic mass is 10.1. The molecule has 0 amide bonds. The smallest absolute Gasteiger partial charge is 0.159 e. The van der Waals surface area contributed by atoms with E-state index < -0.39 is 0 Å². The van der Waals surface area contributed by atoms with Crippen LogP contribution in [0.5, 0.6) is 0 Å². The van der Waals surface area contributed by atoms with Gasteiger partial charge < -0.3 is 5.73 Å². The van der Waals surface area contributed by atoms with Gasteiger partial charge >= 0.3 is 0 Å². The van der Waals surface area contributed by atoms with Crippen molar-refractivity contribution in [3.05, 3.63) is 15.0 Å². The van der Waals surface area contributed by atoms with Crippen molar-refractivity contribution in [3.8, 4) is 0 Å². The number of rotatable bonds is 1. The third-order valence-electron chi connectivity index (χ3n) is 2.72. The SMILES string of the molecule is CC1(C)[C@@H](N)[C@@H]1c1csc(Br)n1. The number of aromatic nitrogens is 1. The van der Waals surface area contributed by atoms with Gasteiger partial charge in [-0.1, -0.05) is 13.8 Å². The third kappa shape index (κ3) is 1.13. The van der Waals surface area contributed by atoms with Gasteiger partial charge in [0, 0.05) is 17.3 Å². The minimum absolute atomic E-state index is 0.244. The molecule has 2 atom stereocenters. The lowest BCUT2D eigenvalue weighted by molar-refractivity contribution is 0.596. The van der Waals surface area contributed by atoms with Crippen LogP contribution in [0.15, 0.2) is 9.30 Å². The first-order valence-corrected chi connectivity index (χ1v) is 5.57. The maximum atomic E-state index is 5.93. The van der Waals surface area contributed by atoms with Crippen LogP contribution in [0.25, 0.3) is 0 Å². The molecule has 2 rings (SSSR count).